The van der Waals surface area contributed by atoms with Crippen LogP contribution in [0, 0.1) is 0 Å². The van der Waals surface area contributed by atoms with Gasteiger partial charge in [0, 0.05) is 0 Å². The van der Waals surface area contributed by atoms with Crippen LogP contribution in [-0.2, 0) is 4.79 Å². The number of methoxy groups -OCH3 is 1. The molecule has 1 rings (SSSR count). The molecule has 0 aliphatic heterocycles. The largest absolute Gasteiger partial charge is 0.497 e. The number of benzene rings is 1. The Hall–Kier alpha value is -1.83. The van der Waals surface area contributed by atoms with E-state index in [4.69, 9.17) is 4.74 Å². The van der Waals surface area contributed by atoms with Crippen molar-refractivity contribution in [3.63, 3.8) is 0 Å². The van der Waals surface area contributed by atoms with Crippen LogP contribution in [0.5, 0.6) is 5.75 Å². The van der Waals surface area contributed by atoms with Crippen LogP contribution < -0.4 is 4.74 Å². The Morgan fingerprint density at radius 3 is 2.47 bits per heavy atom. The smallest absolute Gasteiger partial charge is 0.143 e. The van der Waals surface area contributed by atoms with E-state index in [9.17, 15) is 4.79 Å². The minimum absolute atomic E-state index is 0.785. The average Bonchev–Trinajstić information content (AvgIpc) is 2.27. The molecule has 0 spiro atoms. The summed E-state index contributed by atoms with van der Waals surface area (Å²) in [5, 5.41) is 0. The van der Waals surface area contributed by atoms with E-state index in [1.54, 1.807) is 7.11 Å². The summed E-state index contributed by atoms with van der Waals surface area (Å²) < 4.78 is 5.05. The molecule has 1 aromatic rings. The average molecular weight is 202 g/mol. The predicted molar refractivity (Wildman–Crippen MR) is 61.8 cm³/mol. The van der Waals surface area contributed by atoms with E-state index in [-0.39, 0.29) is 0 Å². The van der Waals surface area contributed by atoms with Crippen molar-refractivity contribution < 1.29 is 9.53 Å². The molecule has 0 amide bonds. The second-order valence-corrected chi connectivity index (χ2v) is 3.15. The van der Waals surface area contributed by atoms with Crippen molar-refractivity contribution in [2.75, 3.05) is 7.11 Å². The molecule has 0 aromatic heterocycles. The molecule has 1 aromatic carbocycles. The van der Waals surface area contributed by atoms with Gasteiger partial charge in [0.15, 0.2) is 0 Å². The number of hydrogen-bond donors (Lipinski definition) is 0. The van der Waals surface area contributed by atoms with Gasteiger partial charge < -0.3 is 4.74 Å². The Bertz CT molecular complexity index is 372. The van der Waals surface area contributed by atoms with E-state index < -0.39 is 0 Å². The van der Waals surface area contributed by atoms with E-state index in [0.29, 0.717) is 0 Å². The van der Waals surface area contributed by atoms with Gasteiger partial charge in [0.05, 0.1) is 7.11 Å². The zero-order valence-electron chi connectivity index (χ0n) is 8.94. The van der Waals surface area contributed by atoms with E-state index in [1.165, 1.54) is 6.08 Å². The highest BCUT2D eigenvalue weighted by atomic mass is 16.5. The monoisotopic (exact) mass is 202 g/mol. The first-order valence-corrected chi connectivity index (χ1v) is 4.70. The van der Waals surface area contributed by atoms with E-state index in [1.807, 2.05) is 43.3 Å². The molecule has 0 aliphatic rings. The molecule has 0 unspecified atom stereocenters. The van der Waals surface area contributed by atoms with E-state index >= 15 is 0 Å². The quantitative estimate of drug-likeness (QED) is 0.426. The van der Waals surface area contributed by atoms with Crippen molar-refractivity contribution in [3.05, 3.63) is 47.6 Å². The van der Waals surface area contributed by atoms with E-state index in [0.717, 1.165) is 23.2 Å². The number of carbonyl (C=O) groups is 1. The molecule has 0 fully saturated rings. The van der Waals surface area contributed by atoms with Crippen molar-refractivity contribution in [2.24, 2.45) is 0 Å². The molecule has 0 atom stereocenters. The van der Waals surface area contributed by atoms with Crippen molar-refractivity contribution in [3.8, 4) is 5.75 Å². The Labute approximate surface area is 89.9 Å². The minimum atomic E-state index is 0.785. The first-order chi connectivity index (χ1) is 7.26. The van der Waals surface area contributed by atoms with Gasteiger partial charge in [0.25, 0.3) is 0 Å². The molecule has 0 saturated heterocycles. The Morgan fingerprint density at radius 1 is 1.27 bits per heavy atom. The fraction of sp³-hybridized carbons (Fsp3) is 0.154. The number of carbonyl (C=O) groups excluding carboxylic acids is 1. The zero-order chi connectivity index (χ0) is 11.1. The maximum absolute atomic E-state index is 10.2. The molecule has 0 N–H and O–H groups in total. The van der Waals surface area contributed by atoms with Crippen LogP contribution in [0.2, 0.25) is 0 Å². The van der Waals surface area contributed by atoms with Gasteiger partial charge >= 0.3 is 0 Å². The van der Waals surface area contributed by atoms with E-state index in [2.05, 4.69) is 0 Å². The van der Waals surface area contributed by atoms with Gasteiger partial charge in [-0.05, 0) is 36.3 Å². The lowest BCUT2D eigenvalue weighted by atomic mass is 10.1. The molecular weight excluding hydrogens is 188 g/mol. The van der Waals surface area contributed by atoms with Crippen LogP contribution in [0.3, 0.4) is 0 Å². The summed E-state index contributed by atoms with van der Waals surface area (Å²) in [6.45, 7) is 1.88. The molecule has 0 heterocycles. The number of hydrogen-bond acceptors (Lipinski definition) is 2. The van der Waals surface area contributed by atoms with Crippen LogP contribution in [0.4, 0.5) is 0 Å². The number of rotatable bonds is 4. The van der Waals surface area contributed by atoms with Gasteiger partial charge in [-0.25, -0.2) is 0 Å². The topological polar surface area (TPSA) is 26.3 Å². The Balaban J connectivity index is 2.72. The number of ether oxygens (including phenoxy) is 1. The van der Waals surface area contributed by atoms with Crippen molar-refractivity contribution >= 4 is 12.4 Å². The molecule has 15 heavy (non-hydrogen) atoms. The SMILES string of the molecule is COc1ccc(/C=C/C(C)=C/C=O)cc1. The third-order valence-corrected chi connectivity index (χ3v) is 1.99. The standard InChI is InChI=1S/C13H14O2/c1-11(9-10-14)3-4-12-5-7-13(15-2)8-6-12/h3-10H,1-2H3/b4-3+,11-9+. The number of aldehydes is 1. The molecule has 78 valence electrons. The van der Waals surface area contributed by atoms with Crippen molar-refractivity contribution in [1.29, 1.82) is 0 Å². The lowest BCUT2D eigenvalue weighted by Gasteiger charge is -1.98. The van der Waals surface area contributed by atoms with Crippen LogP contribution in [0.1, 0.15) is 12.5 Å². The number of allylic oxidation sites excluding steroid dienone is 3. The third kappa shape index (κ3) is 3.81. The lowest BCUT2D eigenvalue weighted by Crippen LogP contribution is -1.81. The predicted octanol–water partition coefficient (Wildman–Crippen LogP) is 2.85. The summed E-state index contributed by atoms with van der Waals surface area (Å²) in [6, 6.07) is 7.73. The zero-order valence-corrected chi connectivity index (χ0v) is 8.94. The first kappa shape index (κ1) is 11.2. The second kappa shape index (κ2) is 5.81. The molecular formula is C13H14O2. The summed E-state index contributed by atoms with van der Waals surface area (Å²) >= 11 is 0. The fourth-order valence-electron chi connectivity index (χ4n) is 1.11. The van der Waals surface area contributed by atoms with Gasteiger partial charge in [-0.15, -0.1) is 0 Å². The van der Waals surface area contributed by atoms with Crippen LogP contribution in [0.25, 0.3) is 6.08 Å². The van der Waals surface area contributed by atoms with Gasteiger partial charge in [0.1, 0.15) is 12.0 Å². The second-order valence-electron chi connectivity index (χ2n) is 3.15. The molecule has 0 aliphatic carbocycles. The Morgan fingerprint density at radius 2 is 1.93 bits per heavy atom. The van der Waals surface area contributed by atoms with Gasteiger partial charge in [0.2, 0.25) is 0 Å². The summed E-state index contributed by atoms with van der Waals surface area (Å²) in [5.74, 6) is 0.840. The van der Waals surface area contributed by atoms with Gasteiger partial charge in [-0.2, -0.15) is 0 Å². The highest BCUT2D eigenvalue weighted by Crippen LogP contribution is 2.12. The van der Waals surface area contributed by atoms with Crippen LogP contribution >= 0.6 is 0 Å². The van der Waals surface area contributed by atoms with Crippen molar-refractivity contribution in [2.45, 2.75) is 6.92 Å². The normalized spacial score (nSPS) is 11.7. The highest BCUT2D eigenvalue weighted by Gasteiger charge is 1.89. The summed E-state index contributed by atoms with van der Waals surface area (Å²) in [6.07, 6.45) is 6.17. The highest BCUT2D eigenvalue weighted by molar-refractivity contribution is 5.68. The maximum Gasteiger partial charge on any atom is 0.143 e. The summed E-state index contributed by atoms with van der Waals surface area (Å²) in [7, 11) is 1.64. The molecule has 0 bridgehead atoms. The Kier molecular flexibility index (Phi) is 4.35. The summed E-state index contributed by atoms with van der Waals surface area (Å²) in [4.78, 5) is 10.2. The van der Waals surface area contributed by atoms with Crippen LogP contribution in [-0.4, -0.2) is 13.4 Å². The first-order valence-electron chi connectivity index (χ1n) is 4.70. The van der Waals surface area contributed by atoms with Gasteiger partial charge in [-0.3, -0.25) is 4.79 Å². The van der Waals surface area contributed by atoms with Gasteiger partial charge in [-0.1, -0.05) is 24.3 Å². The van der Waals surface area contributed by atoms with Crippen molar-refractivity contribution in [1.82, 2.24) is 0 Å². The maximum atomic E-state index is 10.2. The molecule has 0 radical (unpaired) electrons. The lowest BCUT2D eigenvalue weighted by molar-refractivity contribution is -0.104. The third-order valence-electron chi connectivity index (χ3n) is 1.99. The molecule has 0 saturated carbocycles. The van der Waals surface area contributed by atoms with Crippen LogP contribution in [0.15, 0.2) is 42.0 Å². The fourth-order valence-corrected chi connectivity index (χ4v) is 1.11. The molecule has 2 heteroatoms. The minimum Gasteiger partial charge on any atom is -0.497 e. The molecule has 2 nitrogen and oxygen atoms in total. The summed E-state index contributed by atoms with van der Waals surface area (Å²) in [5.41, 5.74) is 2.01.